The first-order chi connectivity index (χ1) is 15.9. The number of ether oxygens (including phenoxy) is 2. The van der Waals surface area contributed by atoms with Crippen LogP contribution in [0.25, 0.3) is 11.3 Å². The lowest BCUT2D eigenvalue weighted by molar-refractivity contribution is -0.0498. The second kappa shape index (κ2) is 9.83. The second-order valence-corrected chi connectivity index (χ2v) is 8.13. The molecule has 4 aromatic rings. The van der Waals surface area contributed by atoms with Crippen LogP contribution in [-0.4, -0.2) is 17.5 Å². The number of thiazole rings is 1. The highest BCUT2D eigenvalue weighted by Gasteiger charge is 2.15. The molecule has 4 rings (SSSR count). The van der Waals surface area contributed by atoms with Crippen LogP contribution in [0.15, 0.2) is 64.4 Å². The number of halogens is 2. The zero-order chi connectivity index (χ0) is 23.4. The van der Waals surface area contributed by atoms with E-state index in [1.807, 2.05) is 26.0 Å². The van der Waals surface area contributed by atoms with Crippen LogP contribution in [0.5, 0.6) is 11.5 Å². The summed E-state index contributed by atoms with van der Waals surface area (Å²) in [6.45, 7) is 1.31. The SMILES string of the molecule is Cc1cc(C)cc(OCc2ccc(C(=O)Nc3nc(-c4ccc(OC(F)F)cc4)cs3)o2)c1. The number of carbonyl (C=O) groups is 1. The predicted molar refractivity (Wildman–Crippen MR) is 121 cm³/mol. The van der Waals surface area contributed by atoms with Gasteiger partial charge in [0, 0.05) is 10.9 Å². The van der Waals surface area contributed by atoms with Crippen LogP contribution < -0.4 is 14.8 Å². The number of benzene rings is 2. The molecule has 0 fully saturated rings. The maximum atomic E-state index is 12.5. The Morgan fingerprint density at radius 2 is 1.79 bits per heavy atom. The monoisotopic (exact) mass is 470 g/mol. The van der Waals surface area contributed by atoms with E-state index in [1.165, 1.54) is 23.5 Å². The van der Waals surface area contributed by atoms with E-state index in [9.17, 15) is 13.6 Å². The van der Waals surface area contributed by atoms with Gasteiger partial charge in [0.2, 0.25) is 0 Å². The smallest absolute Gasteiger partial charge is 0.387 e. The average Bonchev–Trinajstić information content (AvgIpc) is 3.41. The Hall–Kier alpha value is -3.72. The number of alkyl halides is 2. The summed E-state index contributed by atoms with van der Waals surface area (Å²) in [6, 6.07) is 15.3. The Morgan fingerprint density at radius 1 is 1.06 bits per heavy atom. The highest BCUT2D eigenvalue weighted by Crippen LogP contribution is 2.27. The normalized spacial score (nSPS) is 10.9. The zero-order valence-corrected chi connectivity index (χ0v) is 18.6. The number of nitrogens with one attached hydrogen (secondary N) is 1. The van der Waals surface area contributed by atoms with Crippen molar-refractivity contribution in [2.24, 2.45) is 0 Å². The Balaban J connectivity index is 1.35. The number of hydrogen-bond donors (Lipinski definition) is 1. The van der Waals surface area contributed by atoms with Crippen molar-refractivity contribution in [1.29, 1.82) is 0 Å². The van der Waals surface area contributed by atoms with Crippen LogP contribution in [0, 0.1) is 13.8 Å². The van der Waals surface area contributed by atoms with E-state index < -0.39 is 12.5 Å². The second-order valence-electron chi connectivity index (χ2n) is 7.27. The molecule has 170 valence electrons. The fourth-order valence-electron chi connectivity index (χ4n) is 3.18. The van der Waals surface area contributed by atoms with Gasteiger partial charge in [-0.15, -0.1) is 11.3 Å². The summed E-state index contributed by atoms with van der Waals surface area (Å²) in [5.41, 5.74) is 3.51. The molecule has 33 heavy (non-hydrogen) atoms. The van der Waals surface area contributed by atoms with E-state index in [0.29, 0.717) is 22.1 Å². The number of carbonyl (C=O) groups excluding carboxylic acids is 1. The molecule has 2 aromatic carbocycles. The van der Waals surface area contributed by atoms with Crippen LogP contribution in [0.1, 0.15) is 27.4 Å². The summed E-state index contributed by atoms with van der Waals surface area (Å²) < 4.78 is 40.2. The van der Waals surface area contributed by atoms with Crippen LogP contribution in [0.2, 0.25) is 0 Å². The summed E-state index contributed by atoms with van der Waals surface area (Å²) in [6.07, 6.45) is 0. The average molecular weight is 470 g/mol. The first kappa shape index (κ1) is 22.5. The first-order valence-electron chi connectivity index (χ1n) is 9.97. The van der Waals surface area contributed by atoms with E-state index in [-0.39, 0.29) is 18.1 Å². The Bertz CT molecular complexity index is 1230. The molecule has 0 aliphatic heterocycles. The van der Waals surface area contributed by atoms with Crippen molar-refractivity contribution in [2.45, 2.75) is 27.1 Å². The highest BCUT2D eigenvalue weighted by molar-refractivity contribution is 7.14. The third kappa shape index (κ3) is 5.95. The number of aryl methyl sites for hydroxylation is 2. The molecule has 0 atom stereocenters. The summed E-state index contributed by atoms with van der Waals surface area (Å²) in [5, 5.41) is 4.83. The predicted octanol–water partition coefficient (Wildman–Crippen LogP) is 6.45. The van der Waals surface area contributed by atoms with Gasteiger partial charge < -0.3 is 13.9 Å². The molecular formula is C24H20F2N2O4S. The molecule has 0 aliphatic carbocycles. The standard InChI is InChI=1S/C24H20F2N2O4S/c1-14-9-15(2)11-19(10-14)30-12-18-7-8-21(31-18)22(29)28-24-27-20(13-33-24)16-3-5-17(6-4-16)32-23(25)26/h3-11,13,23H,12H2,1-2H3,(H,27,28,29). The number of anilines is 1. The minimum Gasteiger partial charge on any atom is -0.486 e. The van der Waals surface area contributed by atoms with Crippen LogP contribution in [0.4, 0.5) is 13.9 Å². The molecule has 2 heterocycles. The summed E-state index contributed by atoms with van der Waals surface area (Å²) >= 11 is 1.24. The molecule has 0 aliphatic rings. The maximum absolute atomic E-state index is 12.5. The third-order valence-corrected chi connectivity index (χ3v) is 5.32. The van der Waals surface area contributed by atoms with E-state index in [1.54, 1.807) is 29.6 Å². The fourth-order valence-corrected chi connectivity index (χ4v) is 3.89. The van der Waals surface area contributed by atoms with Crippen molar-refractivity contribution < 1.29 is 27.5 Å². The molecular weight excluding hydrogens is 450 g/mol. The molecule has 9 heteroatoms. The van der Waals surface area contributed by atoms with E-state index in [2.05, 4.69) is 21.1 Å². The number of rotatable bonds is 8. The molecule has 0 spiro atoms. The number of hydrogen-bond acceptors (Lipinski definition) is 6. The fraction of sp³-hybridized carbons (Fsp3) is 0.167. The van der Waals surface area contributed by atoms with Gasteiger partial charge in [0.25, 0.3) is 5.91 Å². The van der Waals surface area contributed by atoms with Gasteiger partial charge in [0.15, 0.2) is 10.9 Å². The molecule has 6 nitrogen and oxygen atoms in total. The van der Waals surface area contributed by atoms with Gasteiger partial charge in [-0.05, 0) is 73.5 Å². The summed E-state index contributed by atoms with van der Waals surface area (Å²) in [7, 11) is 0. The maximum Gasteiger partial charge on any atom is 0.387 e. The van der Waals surface area contributed by atoms with Gasteiger partial charge in [-0.3, -0.25) is 10.1 Å². The topological polar surface area (TPSA) is 73.6 Å². The lowest BCUT2D eigenvalue weighted by Gasteiger charge is -2.06. The highest BCUT2D eigenvalue weighted by atomic mass is 32.1. The van der Waals surface area contributed by atoms with Gasteiger partial charge >= 0.3 is 6.61 Å². The van der Waals surface area contributed by atoms with E-state index >= 15 is 0 Å². The van der Waals surface area contributed by atoms with Crippen molar-refractivity contribution >= 4 is 22.4 Å². The number of furan rings is 1. The Morgan fingerprint density at radius 3 is 2.48 bits per heavy atom. The minimum atomic E-state index is -2.88. The van der Waals surface area contributed by atoms with Gasteiger partial charge in [-0.25, -0.2) is 4.98 Å². The van der Waals surface area contributed by atoms with E-state index in [4.69, 9.17) is 9.15 Å². The molecule has 1 N–H and O–H groups in total. The van der Waals surface area contributed by atoms with Crippen LogP contribution in [0.3, 0.4) is 0 Å². The lowest BCUT2D eigenvalue weighted by atomic mass is 10.1. The van der Waals surface area contributed by atoms with Gasteiger partial charge in [0.05, 0.1) is 5.69 Å². The van der Waals surface area contributed by atoms with Crippen molar-refractivity contribution in [1.82, 2.24) is 4.98 Å². The van der Waals surface area contributed by atoms with Gasteiger partial charge in [-0.2, -0.15) is 8.78 Å². The van der Waals surface area contributed by atoms with Crippen molar-refractivity contribution in [2.75, 3.05) is 5.32 Å². The Labute approximate surface area is 192 Å². The minimum absolute atomic E-state index is 0.0626. The quantitative estimate of drug-likeness (QED) is 0.320. The molecule has 0 radical (unpaired) electrons. The molecule has 0 saturated carbocycles. The van der Waals surface area contributed by atoms with Crippen LogP contribution in [-0.2, 0) is 6.61 Å². The molecule has 0 unspecified atom stereocenters. The lowest BCUT2D eigenvalue weighted by Crippen LogP contribution is -2.10. The summed E-state index contributed by atoms with van der Waals surface area (Å²) in [4.78, 5) is 16.9. The van der Waals surface area contributed by atoms with Crippen LogP contribution >= 0.6 is 11.3 Å². The van der Waals surface area contributed by atoms with Crippen molar-refractivity contribution in [3.63, 3.8) is 0 Å². The third-order valence-electron chi connectivity index (χ3n) is 4.56. The zero-order valence-electron chi connectivity index (χ0n) is 17.8. The molecule has 2 aromatic heterocycles. The number of amides is 1. The largest absolute Gasteiger partial charge is 0.486 e. The van der Waals surface area contributed by atoms with Gasteiger partial charge in [-0.1, -0.05) is 6.07 Å². The molecule has 1 amide bonds. The first-order valence-corrected chi connectivity index (χ1v) is 10.9. The summed E-state index contributed by atoms with van der Waals surface area (Å²) in [5.74, 6) is 1.02. The van der Waals surface area contributed by atoms with Crippen molar-refractivity contribution in [3.05, 3.63) is 82.6 Å². The number of aromatic nitrogens is 1. The van der Waals surface area contributed by atoms with Crippen molar-refractivity contribution in [3.8, 4) is 22.8 Å². The number of nitrogens with zero attached hydrogens (tertiary/aromatic N) is 1. The molecule has 0 bridgehead atoms. The van der Waals surface area contributed by atoms with E-state index in [0.717, 1.165) is 16.9 Å². The molecule has 0 saturated heterocycles. The Kier molecular flexibility index (Phi) is 6.69. The van der Waals surface area contributed by atoms with Gasteiger partial charge in [0.1, 0.15) is 23.9 Å².